The van der Waals surface area contributed by atoms with E-state index in [1.54, 1.807) is 0 Å². The summed E-state index contributed by atoms with van der Waals surface area (Å²) in [6, 6.07) is 0. The van der Waals surface area contributed by atoms with Gasteiger partial charge in [0.2, 0.25) is 17.5 Å². The quantitative estimate of drug-likeness (QED) is 0.370. The Morgan fingerprint density at radius 3 is 1.00 bits per heavy atom. The average molecular weight is 601 g/mol. The van der Waals surface area contributed by atoms with Crippen molar-refractivity contribution in [2.75, 3.05) is 19.8 Å². The largest absolute Gasteiger partial charge is 0.358 e. The van der Waals surface area contributed by atoms with Crippen molar-refractivity contribution < 1.29 is 27.4 Å². The van der Waals surface area contributed by atoms with Gasteiger partial charge in [-0.3, -0.25) is 43.0 Å². The molecule has 0 aromatic carbocycles. The highest BCUT2D eigenvalue weighted by molar-refractivity contribution is 4.90. The molecule has 0 unspecified atom stereocenters. The van der Waals surface area contributed by atoms with Gasteiger partial charge in [-0.1, -0.05) is 0 Å². The second-order valence-corrected chi connectivity index (χ2v) is 9.33. The molecule has 0 aliphatic carbocycles. The van der Waals surface area contributed by atoms with Gasteiger partial charge >= 0.3 is 17.1 Å². The molecular formula is C24H27F3N6O9. The zero-order valence-electron chi connectivity index (χ0n) is 22.0. The van der Waals surface area contributed by atoms with E-state index in [2.05, 4.69) is 0 Å². The van der Waals surface area contributed by atoms with Crippen LogP contribution in [0.1, 0.15) is 57.2 Å². The van der Waals surface area contributed by atoms with E-state index in [9.17, 15) is 41.9 Å². The summed E-state index contributed by atoms with van der Waals surface area (Å²) >= 11 is 0. The number of aromatic nitrogens is 6. The second-order valence-electron chi connectivity index (χ2n) is 9.33. The molecule has 3 aliphatic rings. The maximum Gasteiger partial charge on any atom is 0.330 e. The Kier molecular flexibility index (Phi) is 9.92. The van der Waals surface area contributed by atoms with E-state index >= 15 is 0 Å². The first-order valence-electron chi connectivity index (χ1n) is 12.9. The molecular weight excluding hydrogens is 573 g/mol. The van der Waals surface area contributed by atoms with Crippen LogP contribution in [0.5, 0.6) is 0 Å². The highest BCUT2D eigenvalue weighted by atomic mass is 19.1. The van der Waals surface area contributed by atoms with E-state index in [4.69, 9.17) is 14.2 Å². The van der Waals surface area contributed by atoms with Crippen molar-refractivity contribution in [2.24, 2.45) is 0 Å². The van der Waals surface area contributed by atoms with Gasteiger partial charge in [-0.15, -0.1) is 0 Å². The Hall–Kier alpha value is -4.29. The highest BCUT2D eigenvalue weighted by Crippen LogP contribution is 2.22. The van der Waals surface area contributed by atoms with Crippen molar-refractivity contribution in [3.63, 3.8) is 0 Å². The minimum atomic E-state index is -0.996. The lowest BCUT2D eigenvalue weighted by molar-refractivity contribution is 0.0515. The van der Waals surface area contributed by atoms with Gasteiger partial charge in [0.1, 0.15) is 18.7 Å². The Balaban J connectivity index is 0.000000145. The predicted octanol–water partition coefficient (Wildman–Crippen LogP) is -0.0459. The molecule has 15 nitrogen and oxygen atoms in total. The Labute approximate surface area is 232 Å². The summed E-state index contributed by atoms with van der Waals surface area (Å²) in [5.41, 5.74) is -4.90. The molecule has 3 atom stereocenters. The normalized spacial score (nSPS) is 21.4. The van der Waals surface area contributed by atoms with Crippen LogP contribution in [0.4, 0.5) is 13.2 Å². The van der Waals surface area contributed by atoms with Crippen molar-refractivity contribution in [3.8, 4) is 0 Å². The van der Waals surface area contributed by atoms with Gasteiger partial charge in [0.05, 0.1) is 18.6 Å². The van der Waals surface area contributed by atoms with Crippen LogP contribution >= 0.6 is 0 Å². The number of hydrogen-bond acceptors (Lipinski definition) is 9. The van der Waals surface area contributed by atoms with E-state index in [0.29, 0.717) is 39.1 Å². The van der Waals surface area contributed by atoms with Crippen LogP contribution in [0.25, 0.3) is 0 Å². The lowest BCUT2D eigenvalue weighted by Crippen LogP contribution is -2.33. The lowest BCUT2D eigenvalue weighted by atomic mass is 10.3. The van der Waals surface area contributed by atoms with E-state index in [1.807, 2.05) is 15.0 Å². The van der Waals surface area contributed by atoms with Gasteiger partial charge in [-0.2, -0.15) is 13.2 Å². The number of aromatic amines is 3. The molecule has 3 aromatic rings. The summed E-state index contributed by atoms with van der Waals surface area (Å²) in [7, 11) is 0. The Morgan fingerprint density at radius 1 is 0.524 bits per heavy atom. The summed E-state index contributed by atoms with van der Waals surface area (Å²) in [5.74, 6) is -2.92. The third-order valence-corrected chi connectivity index (χ3v) is 6.42. The zero-order chi connectivity index (χ0) is 30.4. The van der Waals surface area contributed by atoms with Gasteiger partial charge in [0, 0.05) is 19.8 Å². The van der Waals surface area contributed by atoms with Crippen molar-refractivity contribution in [1.29, 1.82) is 0 Å². The number of ether oxygens (including phenoxy) is 3. The lowest BCUT2D eigenvalue weighted by Gasteiger charge is -2.11. The van der Waals surface area contributed by atoms with Gasteiger partial charge in [-0.25, -0.2) is 14.4 Å². The number of nitrogens with zero attached hydrogens (tertiary/aromatic N) is 3. The van der Waals surface area contributed by atoms with Crippen LogP contribution in [-0.2, 0) is 14.2 Å². The minimum Gasteiger partial charge on any atom is -0.358 e. The van der Waals surface area contributed by atoms with Crippen LogP contribution in [0, 0.1) is 17.5 Å². The molecule has 0 radical (unpaired) electrons. The van der Waals surface area contributed by atoms with Crippen molar-refractivity contribution in [3.05, 3.63) is 98.6 Å². The third kappa shape index (κ3) is 7.31. The molecule has 3 N–H and O–H groups in total. The minimum absolute atomic E-state index is 0.450. The summed E-state index contributed by atoms with van der Waals surface area (Å²) in [5, 5.41) is 0. The Bertz CT molecular complexity index is 1540. The zero-order valence-corrected chi connectivity index (χ0v) is 22.0. The molecule has 6 heterocycles. The van der Waals surface area contributed by atoms with Crippen LogP contribution < -0.4 is 33.7 Å². The molecule has 3 saturated heterocycles. The maximum atomic E-state index is 12.9. The number of nitrogens with one attached hydrogen (secondary N) is 3. The van der Waals surface area contributed by atoms with Crippen LogP contribution in [0.2, 0.25) is 0 Å². The topological polar surface area (TPSA) is 192 Å². The molecule has 3 fully saturated rings. The summed E-state index contributed by atoms with van der Waals surface area (Å²) < 4.78 is 57.3. The summed E-state index contributed by atoms with van der Waals surface area (Å²) in [6.07, 6.45) is 5.78. The monoisotopic (exact) mass is 600 g/mol. The molecule has 0 saturated carbocycles. The average Bonchev–Trinajstić information content (AvgIpc) is 3.75. The molecule has 18 heteroatoms. The fourth-order valence-corrected chi connectivity index (χ4v) is 4.36. The first-order chi connectivity index (χ1) is 20.0. The third-order valence-electron chi connectivity index (χ3n) is 6.42. The van der Waals surface area contributed by atoms with Gasteiger partial charge in [-0.05, 0) is 38.5 Å². The number of H-pyrrole nitrogens is 3. The van der Waals surface area contributed by atoms with Crippen LogP contribution in [0.3, 0.4) is 0 Å². The standard InChI is InChI=1S/3C8H9FN2O3/c3*9-5-4-11(6-2-1-3-14-6)8(13)10-7(5)12/h3*4,6H,1-3H2,(H,10,12,13)/t3*6-/m111/s1. The molecule has 3 aliphatic heterocycles. The maximum absolute atomic E-state index is 12.9. The van der Waals surface area contributed by atoms with Crippen molar-refractivity contribution in [1.82, 2.24) is 28.7 Å². The number of rotatable bonds is 3. The number of hydrogen-bond donors (Lipinski definition) is 3. The smallest absolute Gasteiger partial charge is 0.330 e. The van der Waals surface area contributed by atoms with Crippen LogP contribution in [0.15, 0.2) is 47.4 Å². The highest BCUT2D eigenvalue weighted by Gasteiger charge is 2.21. The molecule has 42 heavy (non-hydrogen) atoms. The Morgan fingerprint density at radius 2 is 0.786 bits per heavy atom. The van der Waals surface area contributed by atoms with E-state index in [1.165, 1.54) is 0 Å². The first kappa shape index (κ1) is 30.7. The van der Waals surface area contributed by atoms with Gasteiger partial charge in [0.15, 0.2) is 0 Å². The molecule has 6 rings (SSSR count). The molecule has 0 bridgehead atoms. The van der Waals surface area contributed by atoms with E-state index in [-0.39, 0.29) is 0 Å². The fourth-order valence-electron chi connectivity index (χ4n) is 4.36. The van der Waals surface area contributed by atoms with E-state index < -0.39 is 69.9 Å². The van der Waals surface area contributed by atoms with E-state index in [0.717, 1.165) is 51.6 Å². The fraction of sp³-hybridized carbons (Fsp3) is 0.500. The van der Waals surface area contributed by atoms with Crippen LogP contribution in [-0.4, -0.2) is 48.5 Å². The molecule has 228 valence electrons. The number of halogens is 3. The first-order valence-corrected chi connectivity index (χ1v) is 12.9. The van der Waals surface area contributed by atoms with Crippen molar-refractivity contribution >= 4 is 0 Å². The molecule has 0 spiro atoms. The summed E-state index contributed by atoms with van der Waals surface area (Å²) in [4.78, 5) is 71.5. The molecule has 0 amide bonds. The van der Waals surface area contributed by atoms with Gasteiger partial charge in [0.25, 0.3) is 16.7 Å². The predicted molar refractivity (Wildman–Crippen MR) is 137 cm³/mol. The SMILES string of the molecule is O=c1[nH]c(=O)n([C@H]2CCCO2)cc1F.O=c1[nH]c(=O)n([C@H]2CCCO2)cc1F.O=c1[nH]c(=O)n([C@H]2CCCO2)cc1F. The second kappa shape index (κ2) is 13.6. The molecule has 3 aromatic heterocycles. The van der Waals surface area contributed by atoms with Gasteiger partial charge < -0.3 is 14.2 Å². The summed E-state index contributed by atoms with van der Waals surface area (Å²) in [6.45, 7) is 1.66. The van der Waals surface area contributed by atoms with Crippen molar-refractivity contribution in [2.45, 2.75) is 57.2 Å².